The minimum atomic E-state index is 0. The standard InChI is InChI=1S/C8H7NS.C2H6.CH3.V.W.Y/c1-7-4-2-3-5-8(7)9-6-10;1-2;;;;/h2-5H,1H2,(H,9,10);1-2H3;1H3;;;/q-2;;-1;;;. The second-order valence-corrected chi connectivity index (χ2v) is 2.09. The summed E-state index contributed by atoms with van der Waals surface area (Å²) in [4.78, 5) is 0. The van der Waals surface area contributed by atoms with Crippen LogP contribution < -0.4 is 5.32 Å². The van der Waals surface area contributed by atoms with Gasteiger partial charge in [0.2, 0.25) is 0 Å². The van der Waals surface area contributed by atoms with Gasteiger partial charge in [-0.2, -0.15) is 6.07 Å². The van der Waals surface area contributed by atoms with Crippen LogP contribution in [0.15, 0.2) is 24.3 Å². The molecule has 0 aromatic heterocycles. The molecule has 0 saturated carbocycles. The number of rotatable bonds is 2. The molecule has 5 heteroatoms. The number of hydrogen-bond donors (Lipinski definition) is 1. The maximum atomic E-state index is 4.50. The molecule has 2 radical (unpaired) electrons. The Balaban J connectivity index is -0.0000000637. The predicted octanol–water partition coefficient (Wildman–Crippen LogP) is 3.58. The first-order chi connectivity index (χ1) is 5.84. The van der Waals surface area contributed by atoms with Crippen molar-refractivity contribution < 1.29 is 72.3 Å². The molecule has 0 spiro atoms. The molecular formula is C11H16NSVWY-3. The van der Waals surface area contributed by atoms with E-state index in [1.54, 1.807) is 0 Å². The van der Waals surface area contributed by atoms with Gasteiger partial charge in [0.05, 0.1) is 0 Å². The van der Waals surface area contributed by atoms with Gasteiger partial charge in [-0.25, -0.2) is 24.7 Å². The summed E-state index contributed by atoms with van der Waals surface area (Å²) < 4.78 is 0. The van der Waals surface area contributed by atoms with Crippen molar-refractivity contribution in [3.8, 4) is 0 Å². The topological polar surface area (TPSA) is 12.0 Å². The van der Waals surface area contributed by atoms with E-state index in [0.29, 0.717) is 0 Å². The zero-order valence-electron chi connectivity index (χ0n) is 9.86. The molecule has 0 fully saturated rings. The number of para-hydroxylation sites is 1. The van der Waals surface area contributed by atoms with Gasteiger partial charge in [-0.15, -0.1) is 23.3 Å². The maximum absolute atomic E-state index is 4.50. The number of benzene rings is 1. The Kier molecular flexibility index (Phi) is 41.1. The van der Waals surface area contributed by atoms with Gasteiger partial charge >= 0.3 is 0 Å². The van der Waals surface area contributed by atoms with Crippen LogP contribution in [0, 0.1) is 14.4 Å². The van der Waals surface area contributed by atoms with E-state index in [4.69, 9.17) is 0 Å². The number of hydrogen-bond acceptors (Lipinski definition) is 1. The van der Waals surface area contributed by atoms with E-state index in [9.17, 15) is 0 Å². The van der Waals surface area contributed by atoms with Crippen molar-refractivity contribution in [1.82, 2.24) is 0 Å². The molecule has 0 aliphatic heterocycles. The Morgan fingerprint density at radius 3 is 2.06 bits per heavy atom. The van der Waals surface area contributed by atoms with Crippen molar-refractivity contribution in [2.75, 3.05) is 5.32 Å². The van der Waals surface area contributed by atoms with E-state index in [2.05, 4.69) is 29.9 Å². The molecule has 0 heterocycles. The van der Waals surface area contributed by atoms with E-state index in [1.807, 2.05) is 38.1 Å². The molecule has 88 valence electrons. The SMILES string of the molecule is CC.[CH2-]c1ccccc1N[C-]=S.[CH3-].[V].[W].[Y]. The maximum Gasteiger partial charge on any atom is 0 e. The second-order valence-electron chi connectivity index (χ2n) is 1.88. The van der Waals surface area contributed by atoms with Crippen LogP contribution in [-0.4, -0.2) is 5.49 Å². The summed E-state index contributed by atoms with van der Waals surface area (Å²) in [5.41, 5.74) is 4.26. The van der Waals surface area contributed by atoms with Gasteiger partial charge < -0.3 is 12.7 Å². The fourth-order valence-corrected chi connectivity index (χ4v) is 0.807. The van der Waals surface area contributed by atoms with Crippen molar-refractivity contribution >= 4 is 23.4 Å². The fourth-order valence-electron chi connectivity index (χ4n) is 0.697. The average molecular weight is 518 g/mol. The molecule has 1 rings (SSSR count). The van der Waals surface area contributed by atoms with Gasteiger partial charge in [0.1, 0.15) is 0 Å². The molecule has 0 saturated heterocycles. The Labute approximate surface area is 157 Å². The molecule has 0 unspecified atom stereocenters. The van der Waals surface area contributed by atoms with Crippen LogP contribution >= 0.6 is 12.2 Å². The summed E-state index contributed by atoms with van der Waals surface area (Å²) in [6, 6.07) is 7.66. The Morgan fingerprint density at radius 1 is 1.25 bits per heavy atom. The first-order valence-corrected chi connectivity index (χ1v) is 4.29. The third-order valence-corrected chi connectivity index (χ3v) is 1.31. The normalized spacial score (nSPS) is 5.88. The summed E-state index contributed by atoms with van der Waals surface area (Å²) in [5, 5.41) is 2.78. The van der Waals surface area contributed by atoms with Crippen LogP contribution in [0.3, 0.4) is 0 Å². The summed E-state index contributed by atoms with van der Waals surface area (Å²) >= 11 is 4.50. The fraction of sp³-hybridized carbons (Fsp3) is 0.182. The second kappa shape index (κ2) is 21.6. The Morgan fingerprint density at radius 2 is 1.69 bits per heavy atom. The van der Waals surface area contributed by atoms with Crippen LogP contribution in [0.1, 0.15) is 19.4 Å². The number of thiocarbonyl (C=S) groups is 1. The molecule has 0 atom stereocenters. The van der Waals surface area contributed by atoms with Crippen molar-refractivity contribution in [3.05, 3.63) is 44.2 Å². The van der Waals surface area contributed by atoms with Crippen LogP contribution in [0.5, 0.6) is 0 Å². The van der Waals surface area contributed by atoms with Gasteiger partial charge in [0.15, 0.2) is 0 Å². The van der Waals surface area contributed by atoms with Crippen molar-refractivity contribution in [1.29, 1.82) is 0 Å². The average Bonchev–Trinajstić information content (AvgIpc) is 2.13. The van der Waals surface area contributed by atoms with Crippen LogP contribution in [-0.2, 0) is 72.3 Å². The van der Waals surface area contributed by atoms with E-state index >= 15 is 0 Å². The smallest absolute Gasteiger partial charge is 0 e. The molecule has 0 aliphatic rings. The first kappa shape index (κ1) is 30.4. The summed E-state index contributed by atoms with van der Waals surface area (Å²) in [7, 11) is 0. The van der Waals surface area contributed by atoms with Gasteiger partial charge in [0, 0.05) is 72.3 Å². The third kappa shape index (κ3) is 13.4. The van der Waals surface area contributed by atoms with Gasteiger partial charge in [0.25, 0.3) is 0 Å². The Bertz CT molecular complexity index is 249. The van der Waals surface area contributed by atoms with E-state index in [-0.39, 0.29) is 79.8 Å². The molecule has 1 aromatic carbocycles. The van der Waals surface area contributed by atoms with E-state index in [0.717, 1.165) is 11.3 Å². The monoisotopic (exact) mass is 518 g/mol. The quantitative estimate of drug-likeness (QED) is 0.366. The van der Waals surface area contributed by atoms with Crippen LogP contribution in [0.25, 0.3) is 0 Å². The zero-order valence-corrected chi connectivity index (χ0v) is 17.8. The molecular weight excluding hydrogens is 502 g/mol. The van der Waals surface area contributed by atoms with E-state index in [1.165, 1.54) is 0 Å². The van der Waals surface area contributed by atoms with Gasteiger partial charge in [-0.3, -0.25) is 0 Å². The molecule has 0 bridgehead atoms. The zero-order chi connectivity index (χ0) is 9.40. The van der Waals surface area contributed by atoms with Crippen molar-refractivity contribution in [2.45, 2.75) is 13.8 Å². The molecule has 0 amide bonds. The molecule has 16 heavy (non-hydrogen) atoms. The third-order valence-electron chi connectivity index (χ3n) is 1.20. The van der Waals surface area contributed by atoms with Gasteiger partial charge in [-0.1, -0.05) is 19.9 Å². The molecule has 0 aliphatic carbocycles. The Hall–Kier alpha value is 1.36. The minimum absolute atomic E-state index is 0. The van der Waals surface area contributed by atoms with Crippen LogP contribution in [0.2, 0.25) is 0 Å². The van der Waals surface area contributed by atoms with Gasteiger partial charge in [-0.05, 0) is 0 Å². The molecule has 1 N–H and O–H groups in total. The summed E-state index contributed by atoms with van der Waals surface area (Å²) in [5.74, 6) is 0. The van der Waals surface area contributed by atoms with Crippen molar-refractivity contribution in [3.63, 3.8) is 0 Å². The largest absolute Gasteiger partial charge is 0.516 e. The molecule has 1 nitrogen and oxygen atoms in total. The predicted molar refractivity (Wildman–Crippen MR) is 64.9 cm³/mol. The number of anilines is 1. The summed E-state index contributed by atoms with van der Waals surface area (Å²) in [6.07, 6.45) is 0. The van der Waals surface area contributed by atoms with Crippen LogP contribution in [0.4, 0.5) is 5.69 Å². The summed E-state index contributed by atoms with van der Waals surface area (Å²) in [6.45, 7) is 7.79. The minimum Gasteiger partial charge on any atom is -0.516 e. The number of nitrogens with one attached hydrogen (secondary N) is 1. The first-order valence-electron chi connectivity index (χ1n) is 3.89. The molecule has 1 aromatic rings. The van der Waals surface area contributed by atoms with E-state index < -0.39 is 0 Å². The van der Waals surface area contributed by atoms with Crippen molar-refractivity contribution in [2.24, 2.45) is 0 Å².